The number of ether oxygens (including phenoxy) is 3. The molecule has 0 atom stereocenters. The van der Waals surface area contributed by atoms with Crippen molar-refractivity contribution < 1.29 is 28.6 Å². The number of hydrazine groups is 1. The third kappa shape index (κ3) is 7.39. The maximum absolute atomic E-state index is 12.4. The average molecular weight is 497 g/mol. The monoisotopic (exact) mass is 496 g/mol. The lowest BCUT2D eigenvalue weighted by atomic mass is 10.1. The lowest BCUT2D eigenvalue weighted by Crippen LogP contribution is -2.42. The van der Waals surface area contributed by atoms with Gasteiger partial charge >= 0.3 is 0 Å². The number of amides is 3. The van der Waals surface area contributed by atoms with Gasteiger partial charge in [-0.15, -0.1) is 0 Å². The molecule has 4 N–H and O–H groups in total. The zero-order chi connectivity index (χ0) is 25.9. The maximum Gasteiger partial charge on any atom is 0.286 e. The van der Waals surface area contributed by atoms with Gasteiger partial charge in [0.25, 0.3) is 5.91 Å². The molecule has 0 fully saturated rings. The highest BCUT2D eigenvalue weighted by Crippen LogP contribution is 2.27. The van der Waals surface area contributed by atoms with Crippen molar-refractivity contribution in [2.24, 2.45) is 0 Å². The van der Waals surface area contributed by atoms with Gasteiger partial charge in [0.05, 0.1) is 20.8 Å². The maximum atomic E-state index is 12.4. The molecule has 3 aromatic rings. The second-order valence-electron chi connectivity index (χ2n) is 8.07. The summed E-state index contributed by atoms with van der Waals surface area (Å²) in [5, 5.41) is 3.61. The minimum absolute atomic E-state index is 0.000558. The van der Waals surface area contributed by atoms with E-state index < -0.39 is 11.8 Å². The van der Waals surface area contributed by atoms with E-state index in [9.17, 15) is 14.4 Å². The Labute approximate surface area is 209 Å². The van der Waals surface area contributed by atoms with E-state index in [4.69, 9.17) is 14.2 Å². The van der Waals surface area contributed by atoms with E-state index in [1.807, 2.05) is 43.3 Å². The van der Waals surface area contributed by atoms with Gasteiger partial charge in [-0.3, -0.25) is 25.2 Å². The first-order valence-corrected chi connectivity index (χ1v) is 11.8. The second-order valence-corrected chi connectivity index (χ2v) is 8.07. The number of hydrogen-bond acceptors (Lipinski definition) is 6. The SMILES string of the molecule is CCCOc1ccc2[nH]c(C(=O)NNC(=O)CCC(=O)NCCc3ccc(OC)c(OC)c3)cc2c1. The molecule has 1 aromatic heterocycles. The summed E-state index contributed by atoms with van der Waals surface area (Å²) in [7, 11) is 3.14. The predicted octanol–water partition coefficient (Wildman–Crippen LogP) is 2.87. The Morgan fingerprint density at radius 2 is 1.67 bits per heavy atom. The van der Waals surface area contributed by atoms with E-state index in [0.717, 1.165) is 28.6 Å². The molecule has 3 amide bonds. The standard InChI is InChI=1S/C26H32N4O6/c1-4-13-36-19-6-7-20-18(15-19)16-21(28-20)26(33)30-29-25(32)10-9-24(31)27-12-11-17-5-8-22(34-2)23(14-17)35-3/h5-8,14-16,28H,4,9-13H2,1-3H3,(H,27,31)(H,29,32)(H,30,33). The highest BCUT2D eigenvalue weighted by atomic mass is 16.5. The molecule has 10 heteroatoms. The van der Waals surface area contributed by atoms with Crippen molar-refractivity contribution in [2.75, 3.05) is 27.4 Å². The number of nitrogens with one attached hydrogen (secondary N) is 4. The number of carbonyl (C=O) groups excluding carboxylic acids is 3. The Hall–Kier alpha value is -4.21. The van der Waals surface area contributed by atoms with Gasteiger partial charge in [0.2, 0.25) is 11.8 Å². The smallest absolute Gasteiger partial charge is 0.286 e. The zero-order valence-corrected chi connectivity index (χ0v) is 20.7. The van der Waals surface area contributed by atoms with Crippen molar-refractivity contribution >= 4 is 28.6 Å². The summed E-state index contributed by atoms with van der Waals surface area (Å²) in [6.07, 6.45) is 1.44. The first-order chi connectivity index (χ1) is 17.4. The molecule has 36 heavy (non-hydrogen) atoms. The van der Waals surface area contributed by atoms with Crippen LogP contribution in [0.1, 0.15) is 42.2 Å². The van der Waals surface area contributed by atoms with E-state index in [0.29, 0.717) is 36.8 Å². The van der Waals surface area contributed by atoms with Crippen LogP contribution in [0.5, 0.6) is 17.2 Å². The fraction of sp³-hybridized carbons (Fsp3) is 0.346. The lowest BCUT2D eigenvalue weighted by molar-refractivity contribution is -0.126. The number of benzene rings is 2. The lowest BCUT2D eigenvalue weighted by Gasteiger charge is -2.10. The molecule has 0 unspecified atom stereocenters. The summed E-state index contributed by atoms with van der Waals surface area (Å²) in [6, 6.07) is 12.8. The van der Waals surface area contributed by atoms with Gasteiger partial charge in [-0.25, -0.2) is 0 Å². The molecular weight excluding hydrogens is 464 g/mol. The number of H-pyrrole nitrogens is 1. The molecule has 0 aliphatic rings. The summed E-state index contributed by atoms with van der Waals surface area (Å²) in [6.45, 7) is 3.06. The van der Waals surface area contributed by atoms with Crippen molar-refractivity contribution in [3.63, 3.8) is 0 Å². The van der Waals surface area contributed by atoms with Gasteiger partial charge in [0.1, 0.15) is 11.4 Å². The summed E-state index contributed by atoms with van der Waals surface area (Å²) in [5.41, 5.74) is 6.76. The van der Waals surface area contributed by atoms with Crippen LogP contribution in [0.25, 0.3) is 10.9 Å². The molecule has 0 saturated heterocycles. The summed E-state index contributed by atoms with van der Waals surface area (Å²) >= 11 is 0. The average Bonchev–Trinajstić information content (AvgIpc) is 3.32. The molecule has 192 valence electrons. The molecule has 1 heterocycles. The van der Waals surface area contributed by atoms with Crippen LogP contribution in [0.15, 0.2) is 42.5 Å². The fourth-order valence-electron chi connectivity index (χ4n) is 3.50. The van der Waals surface area contributed by atoms with Crippen LogP contribution < -0.4 is 30.4 Å². The van der Waals surface area contributed by atoms with Crippen LogP contribution in [0.2, 0.25) is 0 Å². The molecule has 10 nitrogen and oxygen atoms in total. The molecule has 0 saturated carbocycles. The predicted molar refractivity (Wildman–Crippen MR) is 135 cm³/mol. The molecule has 2 aromatic carbocycles. The van der Waals surface area contributed by atoms with Crippen LogP contribution >= 0.6 is 0 Å². The summed E-state index contributed by atoms with van der Waals surface area (Å²) < 4.78 is 16.1. The second kappa shape index (κ2) is 13.0. The summed E-state index contributed by atoms with van der Waals surface area (Å²) in [4.78, 5) is 39.5. The minimum Gasteiger partial charge on any atom is -0.494 e. The number of rotatable bonds is 12. The Morgan fingerprint density at radius 3 is 2.42 bits per heavy atom. The third-order valence-electron chi connectivity index (χ3n) is 5.39. The highest BCUT2D eigenvalue weighted by molar-refractivity contribution is 5.99. The van der Waals surface area contributed by atoms with Gasteiger partial charge in [-0.05, 0) is 54.8 Å². The Morgan fingerprint density at radius 1 is 0.889 bits per heavy atom. The van der Waals surface area contributed by atoms with Gasteiger partial charge in [-0.2, -0.15) is 0 Å². The Balaban J connectivity index is 1.38. The van der Waals surface area contributed by atoms with Crippen molar-refractivity contribution in [1.82, 2.24) is 21.2 Å². The number of carbonyl (C=O) groups is 3. The molecule has 3 rings (SSSR count). The van der Waals surface area contributed by atoms with E-state index in [1.165, 1.54) is 0 Å². The highest BCUT2D eigenvalue weighted by Gasteiger charge is 2.12. The van der Waals surface area contributed by atoms with Crippen LogP contribution in [-0.2, 0) is 16.0 Å². The van der Waals surface area contributed by atoms with Crippen LogP contribution in [-0.4, -0.2) is 50.1 Å². The Kier molecular flexibility index (Phi) is 9.56. The molecule has 0 aliphatic heterocycles. The quantitative estimate of drug-likeness (QED) is 0.285. The molecule has 0 spiro atoms. The summed E-state index contributed by atoms with van der Waals surface area (Å²) in [5.74, 6) is 0.774. The van der Waals surface area contributed by atoms with Crippen LogP contribution in [0, 0.1) is 0 Å². The Bertz CT molecular complexity index is 1210. The first kappa shape index (κ1) is 26.4. The largest absolute Gasteiger partial charge is 0.494 e. The van der Waals surface area contributed by atoms with Gasteiger partial charge in [-0.1, -0.05) is 13.0 Å². The molecule has 0 aliphatic carbocycles. The van der Waals surface area contributed by atoms with Crippen LogP contribution in [0.3, 0.4) is 0 Å². The minimum atomic E-state index is -0.491. The molecule has 0 radical (unpaired) electrons. The fourth-order valence-corrected chi connectivity index (χ4v) is 3.50. The number of fused-ring (bicyclic) bond motifs is 1. The van der Waals surface area contributed by atoms with Gasteiger partial charge in [0, 0.05) is 30.3 Å². The van der Waals surface area contributed by atoms with Gasteiger partial charge in [0.15, 0.2) is 11.5 Å². The number of aromatic amines is 1. The van der Waals surface area contributed by atoms with Crippen molar-refractivity contribution in [3.05, 3.63) is 53.7 Å². The van der Waals surface area contributed by atoms with E-state index in [-0.39, 0.29) is 18.7 Å². The van der Waals surface area contributed by atoms with E-state index in [1.54, 1.807) is 20.3 Å². The van der Waals surface area contributed by atoms with Crippen molar-refractivity contribution in [1.29, 1.82) is 0 Å². The van der Waals surface area contributed by atoms with Crippen LogP contribution in [0.4, 0.5) is 0 Å². The van der Waals surface area contributed by atoms with E-state index >= 15 is 0 Å². The third-order valence-corrected chi connectivity index (χ3v) is 5.39. The molecular formula is C26H32N4O6. The number of aromatic nitrogens is 1. The number of hydrogen-bond donors (Lipinski definition) is 4. The topological polar surface area (TPSA) is 131 Å². The van der Waals surface area contributed by atoms with E-state index in [2.05, 4.69) is 21.2 Å². The first-order valence-electron chi connectivity index (χ1n) is 11.8. The van der Waals surface area contributed by atoms with Crippen molar-refractivity contribution in [3.8, 4) is 17.2 Å². The molecule has 0 bridgehead atoms. The van der Waals surface area contributed by atoms with Gasteiger partial charge < -0.3 is 24.5 Å². The normalized spacial score (nSPS) is 10.5. The zero-order valence-electron chi connectivity index (χ0n) is 20.7. The van der Waals surface area contributed by atoms with Crippen molar-refractivity contribution in [2.45, 2.75) is 32.6 Å². The number of methoxy groups -OCH3 is 2.